The third-order valence-electron chi connectivity index (χ3n) is 2.34. The molecule has 1 aromatic carbocycles. The molecule has 0 heterocycles. The van der Waals surface area contributed by atoms with E-state index in [9.17, 15) is 4.57 Å². The summed E-state index contributed by atoms with van der Waals surface area (Å²) in [5.74, 6) is 1.83. The topological polar surface area (TPSA) is 17.1 Å². The minimum absolute atomic E-state index is 1.20. The van der Waals surface area contributed by atoms with Crippen molar-refractivity contribution in [2.24, 2.45) is 0 Å². The van der Waals surface area contributed by atoms with Crippen molar-refractivity contribution < 1.29 is 4.57 Å². The van der Waals surface area contributed by atoms with Gasteiger partial charge in [-0.25, -0.2) is 0 Å². The molecule has 0 saturated carbocycles. The molecule has 1 aromatic rings. The van der Waals surface area contributed by atoms with Gasteiger partial charge in [0.15, 0.2) is 0 Å². The first kappa shape index (κ1) is 12.3. The molecule has 82 valence electrons. The lowest BCUT2D eigenvalue weighted by Crippen LogP contribution is -1.88. The van der Waals surface area contributed by atoms with E-state index in [4.69, 9.17) is 0 Å². The monoisotopic (exact) mass is 222 g/mol. The molecule has 0 N–H and O–H groups in total. The second kappa shape index (κ2) is 4.37. The van der Waals surface area contributed by atoms with Gasteiger partial charge < -0.3 is 4.57 Å². The average molecular weight is 222 g/mol. The summed E-state index contributed by atoms with van der Waals surface area (Å²) >= 11 is 0. The molecule has 2 heteroatoms. The van der Waals surface area contributed by atoms with Gasteiger partial charge in [-0.05, 0) is 56.6 Å². The SMILES string of the molecule is Cc1cc(C)c(C=CP(C)(C)=O)c(C)c1. The summed E-state index contributed by atoms with van der Waals surface area (Å²) < 4.78 is 11.6. The predicted octanol–water partition coefficient (Wildman–Crippen LogP) is 4.21. The van der Waals surface area contributed by atoms with Crippen LogP contribution in [0.15, 0.2) is 17.9 Å². The molecule has 0 saturated heterocycles. The second-order valence-corrected chi connectivity index (χ2v) is 7.73. The van der Waals surface area contributed by atoms with Gasteiger partial charge in [0.1, 0.15) is 7.14 Å². The number of hydrogen-bond donors (Lipinski definition) is 0. The maximum atomic E-state index is 11.6. The highest BCUT2D eigenvalue weighted by atomic mass is 31.2. The van der Waals surface area contributed by atoms with Gasteiger partial charge in [-0.3, -0.25) is 0 Å². The van der Waals surface area contributed by atoms with Gasteiger partial charge in [-0.2, -0.15) is 0 Å². The smallest absolute Gasteiger partial charge is 0.102 e. The second-order valence-electron chi connectivity index (χ2n) is 4.56. The largest absolute Gasteiger partial charge is 0.320 e. The Hall–Kier alpha value is -0.810. The van der Waals surface area contributed by atoms with Gasteiger partial charge in [0, 0.05) is 0 Å². The van der Waals surface area contributed by atoms with E-state index in [-0.39, 0.29) is 0 Å². The zero-order valence-corrected chi connectivity index (χ0v) is 11.1. The molecule has 0 aromatic heterocycles. The van der Waals surface area contributed by atoms with E-state index in [0.29, 0.717) is 0 Å². The van der Waals surface area contributed by atoms with Crippen molar-refractivity contribution in [1.82, 2.24) is 0 Å². The van der Waals surface area contributed by atoms with Crippen molar-refractivity contribution in [2.75, 3.05) is 13.3 Å². The fourth-order valence-electron chi connectivity index (χ4n) is 1.71. The molecule has 1 rings (SSSR count). The van der Waals surface area contributed by atoms with Crippen LogP contribution in [0.5, 0.6) is 0 Å². The van der Waals surface area contributed by atoms with Crippen LogP contribution in [0.1, 0.15) is 22.3 Å². The maximum Gasteiger partial charge on any atom is 0.102 e. The van der Waals surface area contributed by atoms with Crippen molar-refractivity contribution in [3.05, 3.63) is 40.2 Å². The van der Waals surface area contributed by atoms with Gasteiger partial charge in [0.05, 0.1) is 0 Å². The van der Waals surface area contributed by atoms with Crippen LogP contribution in [0.2, 0.25) is 0 Å². The Bertz CT molecular complexity index is 415. The van der Waals surface area contributed by atoms with Crippen molar-refractivity contribution in [3.63, 3.8) is 0 Å². The van der Waals surface area contributed by atoms with E-state index in [1.54, 1.807) is 13.3 Å². The van der Waals surface area contributed by atoms with Crippen molar-refractivity contribution in [2.45, 2.75) is 20.8 Å². The summed E-state index contributed by atoms with van der Waals surface area (Å²) in [5.41, 5.74) is 4.97. The van der Waals surface area contributed by atoms with Crippen LogP contribution < -0.4 is 0 Å². The molecule has 15 heavy (non-hydrogen) atoms. The van der Waals surface area contributed by atoms with Crippen LogP contribution in [0.4, 0.5) is 0 Å². The van der Waals surface area contributed by atoms with Gasteiger partial charge in [0.25, 0.3) is 0 Å². The molecule has 0 aliphatic rings. The van der Waals surface area contributed by atoms with E-state index in [1.165, 1.54) is 22.3 Å². The molecule has 0 aliphatic heterocycles. The Morgan fingerprint density at radius 2 is 1.53 bits per heavy atom. The Morgan fingerprint density at radius 3 is 1.93 bits per heavy atom. The molecule has 0 aliphatic carbocycles. The number of rotatable bonds is 2. The van der Waals surface area contributed by atoms with Gasteiger partial charge in [-0.1, -0.05) is 23.8 Å². The van der Waals surface area contributed by atoms with Crippen LogP contribution >= 0.6 is 7.14 Å². The van der Waals surface area contributed by atoms with Gasteiger partial charge in [-0.15, -0.1) is 0 Å². The quantitative estimate of drug-likeness (QED) is 0.685. The van der Waals surface area contributed by atoms with E-state index in [1.807, 2.05) is 11.9 Å². The molecular formula is C13H19OP. The molecule has 0 fully saturated rings. The van der Waals surface area contributed by atoms with Crippen LogP contribution in [0, 0.1) is 20.8 Å². The van der Waals surface area contributed by atoms with E-state index in [0.717, 1.165) is 0 Å². The van der Waals surface area contributed by atoms with E-state index >= 15 is 0 Å². The van der Waals surface area contributed by atoms with E-state index < -0.39 is 7.14 Å². The zero-order chi connectivity index (χ0) is 11.6. The number of hydrogen-bond acceptors (Lipinski definition) is 1. The highest BCUT2D eigenvalue weighted by Crippen LogP contribution is 2.38. The number of aryl methyl sites for hydroxylation is 3. The lowest BCUT2D eigenvalue weighted by atomic mass is 10.0. The Kier molecular flexibility index (Phi) is 3.57. The Morgan fingerprint density at radius 1 is 1.07 bits per heavy atom. The summed E-state index contributed by atoms with van der Waals surface area (Å²) in [4.78, 5) is 0. The molecule has 0 atom stereocenters. The fraction of sp³-hybridized carbons (Fsp3) is 0.385. The molecule has 0 radical (unpaired) electrons. The first-order valence-corrected chi connectivity index (χ1v) is 7.78. The summed E-state index contributed by atoms with van der Waals surface area (Å²) in [6, 6.07) is 4.31. The van der Waals surface area contributed by atoms with Gasteiger partial charge in [0.2, 0.25) is 0 Å². The van der Waals surface area contributed by atoms with Gasteiger partial charge >= 0.3 is 0 Å². The Balaban J connectivity index is 3.16. The molecular weight excluding hydrogens is 203 g/mol. The minimum atomic E-state index is -2.06. The normalized spacial score (nSPS) is 12.3. The third kappa shape index (κ3) is 3.68. The average Bonchev–Trinajstić information content (AvgIpc) is 1.99. The highest BCUT2D eigenvalue weighted by molar-refractivity contribution is 7.65. The summed E-state index contributed by atoms with van der Waals surface area (Å²) in [5, 5.41) is 0. The van der Waals surface area contributed by atoms with Crippen LogP contribution in [0.25, 0.3) is 6.08 Å². The summed E-state index contributed by atoms with van der Waals surface area (Å²) in [7, 11) is -2.06. The lowest BCUT2D eigenvalue weighted by Gasteiger charge is -2.07. The van der Waals surface area contributed by atoms with Crippen molar-refractivity contribution in [3.8, 4) is 0 Å². The molecule has 0 amide bonds. The molecule has 0 bridgehead atoms. The number of benzene rings is 1. The third-order valence-corrected chi connectivity index (χ3v) is 3.21. The van der Waals surface area contributed by atoms with Crippen LogP contribution in [-0.2, 0) is 4.57 Å². The first-order chi connectivity index (χ1) is 6.79. The molecule has 0 unspecified atom stereocenters. The van der Waals surface area contributed by atoms with Crippen LogP contribution in [0.3, 0.4) is 0 Å². The Labute approximate surface area is 92.6 Å². The molecule has 1 nitrogen and oxygen atoms in total. The summed E-state index contributed by atoms with van der Waals surface area (Å²) in [6.07, 6.45) is 1.99. The standard InChI is InChI=1S/C13H19OP/c1-10-8-11(2)13(12(3)9-10)6-7-15(4,5)14/h6-9H,1-5H3. The predicted molar refractivity (Wildman–Crippen MR) is 69.1 cm³/mol. The van der Waals surface area contributed by atoms with Crippen molar-refractivity contribution in [1.29, 1.82) is 0 Å². The maximum absolute atomic E-state index is 11.6. The molecule has 0 spiro atoms. The summed E-state index contributed by atoms with van der Waals surface area (Å²) in [6.45, 7) is 9.84. The fourth-order valence-corrected chi connectivity index (χ4v) is 2.22. The van der Waals surface area contributed by atoms with E-state index in [2.05, 4.69) is 32.9 Å². The highest BCUT2D eigenvalue weighted by Gasteiger charge is 2.03. The van der Waals surface area contributed by atoms with Crippen molar-refractivity contribution >= 4 is 13.2 Å². The first-order valence-electron chi connectivity index (χ1n) is 5.11. The minimum Gasteiger partial charge on any atom is -0.320 e. The zero-order valence-electron chi connectivity index (χ0n) is 10.2. The van der Waals surface area contributed by atoms with Crippen LogP contribution in [-0.4, -0.2) is 13.3 Å². The lowest BCUT2D eigenvalue weighted by molar-refractivity contribution is 0.588.